The molecule has 0 unspecified atom stereocenters. The zero-order chi connectivity index (χ0) is 6.97. The SMILES string of the molecule is S=C1Cc2cccc(c2)S1. The highest BCUT2D eigenvalue weighted by Gasteiger charge is 2.08. The smallest absolute Gasteiger partial charge is 0.0570 e. The van der Waals surface area contributed by atoms with Gasteiger partial charge in [0.2, 0.25) is 0 Å². The van der Waals surface area contributed by atoms with Crippen molar-refractivity contribution in [1.82, 2.24) is 0 Å². The molecule has 1 aromatic rings. The molecule has 1 aliphatic rings. The first-order valence-electron chi connectivity index (χ1n) is 3.14. The Morgan fingerprint density at radius 3 is 3.10 bits per heavy atom. The third kappa shape index (κ3) is 1.09. The molecule has 0 spiro atoms. The quantitative estimate of drug-likeness (QED) is 0.543. The van der Waals surface area contributed by atoms with Crippen molar-refractivity contribution in [2.75, 3.05) is 0 Å². The Morgan fingerprint density at radius 2 is 2.30 bits per heavy atom. The summed E-state index contributed by atoms with van der Waals surface area (Å²) in [6, 6.07) is 8.50. The number of hydrogen-bond acceptors (Lipinski definition) is 2. The van der Waals surface area contributed by atoms with E-state index in [0.29, 0.717) is 0 Å². The van der Waals surface area contributed by atoms with Crippen LogP contribution in [0.15, 0.2) is 29.2 Å². The Hall–Kier alpha value is -0.340. The minimum absolute atomic E-state index is 0.966. The van der Waals surface area contributed by atoms with E-state index in [0.717, 1.165) is 10.6 Å². The predicted octanol–water partition coefficient (Wildman–Crippen LogP) is 2.66. The van der Waals surface area contributed by atoms with Gasteiger partial charge in [0.05, 0.1) is 4.20 Å². The second-order valence-electron chi connectivity index (χ2n) is 2.30. The summed E-state index contributed by atoms with van der Waals surface area (Å²) in [6.45, 7) is 0. The van der Waals surface area contributed by atoms with Crippen LogP contribution in [0.4, 0.5) is 0 Å². The molecule has 0 atom stereocenters. The van der Waals surface area contributed by atoms with E-state index in [-0.39, 0.29) is 0 Å². The van der Waals surface area contributed by atoms with Gasteiger partial charge in [0.25, 0.3) is 0 Å². The van der Waals surface area contributed by atoms with Crippen LogP contribution in [0.25, 0.3) is 0 Å². The second kappa shape index (κ2) is 2.36. The zero-order valence-corrected chi connectivity index (χ0v) is 6.97. The first-order valence-corrected chi connectivity index (χ1v) is 4.37. The molecule has 1 heterocycles. The molecule has 0 fully saturated rings. The molecule has 1 aliphatic heterocycles. The van der Waals surface area contributed by atoms with Gasteiger partial charge in [0.15, 0.2) is 0 Å². The predicted molar refractivity (Wildman–Crippen MR) is 48.6 cm³/mol. The van der Waals surface area contributed by atoms with Gasteiger partial charge in [-0.1, -0.05) is 36.1 Å². The van der Waals surface area contributed by atoms with Gasteiger partial charge in [-0.25, -0.2) is 0 Å². The molecule has 1 aromatic carbocycles. The summed E-state index contributed by atoms with van der Waals surface area (Å²) in [5.41, 5.74) is 1.35. The van der Waals surface area contributed by atoms with Crippen LogP contribution in [0.3, 0.4) is 0 Å². The van der Waals surface area contributed by atoms with Crippen LogP contribution in [-0.2, 0) is 6.42 Å². The zero-order valence-electron chi connectivity index (χ0n) is 5.33. The van der Waals surface area contributed by atoms with Crippen molar-refractivity contribution in [3.8, 4) is 0 Å². The highest BCUT2D eigenvalue weighted by atomic mass is 32.2. The summed E-state index contributed by atoms with van der Waals surface area (Å²) in [6.07, 6.45) is 0.966. The molecule has 0 amide bonds. The van der Waals surface area contributed by atoms with Crippen molar-refractivity contribution in [3.05, 3.63) is 29.8 Å². The van der Waals surface area contributed by atoms with Crippen molar-refractivity contribution in [3.63, 3.8) is 0 Å². The van der Waals surface area contributed by atoms with Crippen LogP contribution in [0.1, 0.15) is 5.56 Å². The number of thioether (sulfide) groups is 1. The van der Waals surface area contributed by atoms with Gasteiger partial charge in [0.1, 0.15) is 0 Å². The standard InChI is InChI=1S/C8H6S2/c9-8-5-6-2-1-3-7(4-6)10-8/h1-4H,5H2. The van der Waals surface area contributed by atoms with E-state index < -0.39 is 0 Å². The summed E-state index contributed by atoms with van der Waals surface area (Å²) in [7, 11) is 0. The summed E-state index contributed by atoms with van der Waals surface area (Å²) >= 11 is 6.81. The maximum atomic E-state index is 5.11. The van der Waals surface area contributed by atoms with Gasteiger partial charge in [0, 0.05) is 11.3 Å². The average Bonchev–Trinajstić information content (AvgIpc) is 1.85. The molecular formula is C8H6S2. The Labute approximate surface area is 69.6 Å². The van der Waals surface area contributed by atoms with Crippen molar-refractivity contribution in [1.29, 1.82) is 0 Å². The van der Waals surface area contributed by atoms with Crippen LogP contribution in [0.5, 0.6) is 0 Å². The highest BCUT2D eigenvalue weighted by Crippen LogP contribution is 2.27. The van der Waals surface area contributed by atoms with Crippen LogP contribution < -0.4 is 0 Å². The number of fused-ring (bicyclic) bond motifs is 2. The van der Waals surface area contributed by atoms with Crippen LogP contribution >= 0.6 is 24.0 Å². The van der Waals surface area contributed by atoms with Crippen LogP contribution in [0, 0.1) is 0 Å². The topological polar surface area (TPSA) is 0 Å². The van der Waals surface area contributed by atoms with E-state index in [1.54, 1.807) is 11.8 Å². The lowest BCUT2D eigenvalue weighted by molar-refractivity contribution is 1.29. The average molecular weight is 166 g/mol. The first-order chi connectivity index (χ1) is 4.84. The summed E-state index contributed by atoms with van der Waals surface area (Å²) in [5.74, 6) is 0. The highest BCUT2D eigenvalue weighted by molar-refractivity contribution is 8.23. The Morgan fingerprint density at radius 1 is 1.40 bits per heavy atom. The molecule has 0 saturated carbocycles. The monoisotopic (exact) mass is 166 g/mol. The third-order valence-corrected chi connectivity index (χ3v) is 2.73. The number of thiocarbonyl (C=S) groups is 1. The molecule has 0 N–H and O–H groups in total. The van der Waals surface area contributed by atoms with E-state index in [9.17, 15) is 0 Å². The molecule has 2 bridgehead atoms. The van der Waals surface area contributed by atoms with Gasteiger partial charge in [-0.2, -0.15) is 0 Å². The molecular weight excluding hydrogens is 160 g/mol. The van der Waals surface area contributed by atoms with Crippen molar-refractivity contribution in [2.24, 2.45) is 0 Å². The van der Waals surface area contributed by atoms with E-state index in [4.69, 9.17) is 12.2 Å². The number of hydrogen-bond donors (Lipinski definition) is 0. The lowest BCUT2D eigenvalue weighted by Crippen LogP contribution is -1.99. The third-order valence-electron chi connectivity index (χ3n) is 1.48. The van der Waals surface area contributed by atoms with Crippen LogP contribution in [-0.4, -0.2) is 4.20 Å². The van der Waals surface area contributed by atoms with E-state index in [1.807, 2.05) is 0 Å². The minimum atomic E-state index is 0.966. The van der Waals surface area contributed by atoms with Crippen LogP contribution in [0.2, 0.25) is 0 Å². The fraction of sp³-hybridized carbons (Fsp3) is 0.125. The summed E-state index contributed by atoms with van der Waals surface area (Å²) in [4.78, 5) is 1.29. The lowest BCUT2D eigenvalue weighted by Gasteiger charge is -2.11. The van der Waals surface area contributed by atoms with Gasteiger partial charge >= 0.3 is 0 Å². The van der Waals surface area contributed by atoms with Crippen molar-refractivity contribution in [2.45, 2.75) is 11.3 Å². The summed E-state index contributed by atoms with van der Waals surface area (Å²) < 4.78 is 1.09. The fourth-order valence-electron chi connectivity index (χ4n) is 1.05. The first kappa shape index (κ1) is 6.38. The van der Waals surface area contributed by atoms with Gasteiger partial charge in [-0.15, -0.1) is 0 Å². The lowest BCUT2D eigenvalue weighted by atomic mass is 10.2. The molecule has 0 aromatic heterocycles. The fourth-order valence-corrected chi connectivity index (χ4v) is 2.37. The van der Waals surface area contributed by atoms with Gasteiger partial charge in [-0.05, 0) is 17.7 Å². The Bertz CT molecular complexity index is 255. The normalized spacial score (nSPS) is 15.4. The molecule has 0 nitrogen and oxygen atoms in total. The molecule has 2 rings (SSSR count). The Balaban J connectivity index is 2.52. The largest absolute Gasteiger partial charge is 0.0824 e. The molecule has 0 radical (unpaired) electrons. The van der Waals surface area contributed by atoms with E-state index >= 15 is 0 Å². The minimum Gasteiger partial charge on any atom is -0.0824 e. The van der Waals surface area contributed by atoms with E-state index in [2.05, 4.69) is 24.3 Å². The summed E-state index contributed by atoms with van der Waals surface area (Å²) in [5, 5.41) is 0. The van der Waals surface area contributed by atoms with Gasteiger partial charge in [-0.3, -0.25) is 0 Å². The molecule has 10 heavy (non-hydrogen) atoms. The number of benzene rings is 1. The van der Waals surface area contributed by atoms with Gasteiger partial charge < -0.3 is 0 Å². The number of rotatable bonds is 0. The maximum absolute atomic E-state index is 5.11. The van der Waals surface area contributed by atoms with Crippen molar-refractivity contribution >= 4 is 28.2 Å². The Kier molecular flexibility index (Phi) is 1.51. The molecule has 2 heteroatoms. The second-order valence-corrected chi connectivity index (χ2v) is 4.22. The van der Waals surface area contributed by atoms with Crippen molar-refractivity contribution < 1.29 is 0 Å². The van der Waals surface area contributed by atoms with E-state index in [1.165, 1.54) is 10.5 Å². The maximum Gasteiger partial charge on any atom is 0.0570 e. The molecule has 0 saturated heterocycles. The molecule has 50 valence electrons. The molecule has 0 aliphatic carbocycles.